The van der Waals surface area contributed by atoms with E-state index in [-0.39, 0.29) is 29.8 Å². The standard InChI is InChI=1S/C23H34N2O5/c1-4-28-23(27)17-8-10-25(11-9-17)15-21(26)24-22(16(2)3)18-6-7-19-20(14-18)30-13-5-12-29-19/h6-7,14,16-17,22H,4-5,8-13,15H2,1-3H3,(H,24,26)/t22-/m0/s1. The fourth-order valence-electron chi connectivity index (χ4n) is 4.02. The van der Waals surface area contributed by atoms with E-state index >= 15 is 0 Å². The van der Waals surface area contributed by atoms with Gasteiger partial charge in [-0.05, 0) is 56.5 Å². The van der Waals surface area contributed by atoms with Crippen LogP contribution < -0.4 is 14.8 Å². The zero-order chi connectivity index (χ0) is 21.5. The van der Waals surface area contributed by atoms with Gasteiger partial charge < -0.3 is 19.5 Å². The lowest BCUT2D eigenvalue weighted by molar-refractivity contribution is -0.149. The highest BCUT2D eigenvalue weighted by molar-refractivity contribution is 5.78. The van der Waals surface area contributed by atoms with E-state index in [1.807, 2.05) is 25.1 Å². The van der Waals surface area contributed by atoms with Gasteiger partial charge in [-0.2, -0.15) is 0 Å². The number of hydrogen-bond donors (Lipinski definition) is 1. The molecule has 0 radical (unpaired) electrons. The van der Waals surface area contributed by atoms with Crippen molar-refractivity contribution in [1.29, 1.82) is 0 Å². The molecular formula is C23H34N2O5. The number of benzene rings is 1. The van der Waals surface area contributed by atoms with Crippen molar-refractivity contribution in [3.63, 3.8) is 0 Å². The van der Waals surface area contributed by atoms with Gasteiger partial charge in [0.2, 0.25) is 5.91 Å². The van der Waals surface area contributed by atoms with Crippen molar-refractivity contribution < 1.29 is 23.8 Å². The summed E-state index contributed by atoms with van der Waals surface area (Å²) in [6.45, 7) is 9.52. The van der Waals surface area contributed by atoms with E-state index in [1.165, 1.54) is 0 Å². The first kappa shape index (κ1) is 22.4. The summed E-state index contributed by atoms with van der Waals surface area (Å²) in [6.07, 6.45) is 2.34. The maximum absolute atomic E-state index is 12.8. The SMILES string of the molecule is CCOC(=O)C1CCN(CC(=O)N[C@H](c2ccc3c(c2)OCCCO3)C(C)C)CC1. The zero-order valence-electron chi connectivity index (χ0n) is 18.3. The Balaban J connectivity index is 1.56. The highest BCUT2D eigenvalue weighted by Gasteiger charge is 2.28. The van der Waals surface area contributed by atoms with E-state index in [0.717, 1.165) is 49.4 Å². The Morgan fingerprint density at radius 3 is 2.53 bits per heavy atom. The van der Waals surface area contributed by atoms with Crippen molar-refractivity contribution in [2.75, 3.05) is 39.5 Å². The molecule has 1 N–H and O–H groups in total. The van der Waals surface area contributed by atoms with Crippen LogP contribution in [0, 0.1) is 11.8 Å². The molecule has 7 nitrogen and oxygen atoms in total. The summed E-state index contributed by atoms with van der Waals surface area (Å²) in [6, 6.07) is 5.81. The number of nitrogens with zero attached hydrogens (tertiary/aromatic N) is 1. The summed E-state index contributed by atoms with van der Waals surface area (Å²) < 4.78 is 16.6. The number of nitrogens with one attached hydrogen (secondary N) is 1. The van der Waals surface area contributed by atoms with Gasteiger partial charge >= 0.3 is 5.97 Å². The van der Waals surface area contributed by atoms with Crippen LogP contribution in [0.15, 0.2) is 18.2 Å². The number of fused-ring (bicyclic) bond motifs is 1. The molecule has 2 aliphatic heterocycles. The molecule has 7 heteroatoms. The first-order valence-corrected chi connectivity index (χ1v) is 11.1. The first-order valence-electron chi connectivity index (χ1n) is 11.1. The van der Waals surface area contributed by atoms with Crippen LogP contribution in [-0.2, 0) is 14.3 Å². The molecule has 0 saturated carbocycles. The second kappa shape index (κ2) is 10.7. The Kier molecular flexibility index (Phi) is 7.96. The molecule has 1 fully saturated rings. The van der Waals surface area contributed by atoms with Gasteiger partial charge in [-0.15, -0.1) is 0 Å². The van der Waals surface area contributed by atoms with Crippen molar-refractivity contribution >= 4 is 11.9 Å². The first-order chi connectivity index (χ1) is 14.5. The molecule has 0 aromatic heterocycles. The monoisotopic (exact) mass is 418 g/mol. The summed E-state index contributed by atoms with van der Waals surface area (Å²) in [5.41, 5.74) is 1.02. The number of carbonyl (C=O) groups is 2. The van der Waals surface area contributed by atoms with Crippen molar-refractivity contribution in [1.82, 2.24) is 10.2 Å². The highest BCUT2D eigenvalue weighted by Crippen LogP contribution is 2.34. The number of ether oxygens (including phenoxy) is 3. The van der Waals surface area contributed by atoms with Crippen LogP contribution in [0.2, 0.25) is 0 Å². The number of piperidine rings is 1. The third kappa shape index (κ3) is 5.88. The van der Waals surface area contributed by atoms with E-state index in [0.29, 0.717) is 26.4 Å². The van der Waals surface area contributed by atoms with E-state index in [9.17, 15) is 9.59 Å². The maximum Gasteiger partial charge on any atom is 0.309 e. The molecule has 1 atom stereocenters. The van der Waals surface area contributed by atoms with Gasteiger partial charge in [-0.1, -0.05) is 19.9 Å². The van der Waals surface area contributed by atoms with Crippen LogP contribution in [0.25, 0.3) is 0 Å². The molecule has 1 aromatic rings. The fourth-order valence-corrected chi connectivity index (χ4v) is 4.02. The van der Waals surface area contributed by atoms with E-state index in [4.69, 9.17) is 14.2 Å². The topological polar surface area (TPSA) is 77.1 Å². The van der Waals surface area contributed by atoms with Crippen LogP contribution in [-0.4, -0.2) is 56.2 Å². The summed E-state index contributed by atoms with van der Waals surface area (Å²) in [7, 11) is 0. The number of hydrogen-bond acceptors (Lipinski definition) is 6. The van der Waals surface area contributed by atoms with Gasteiger partial charge in [0.15, 0.2) is 11.5 Å². The predicted molar refractivity (Wildman–Crippen MR) is 114 cm³/mol. The molecule has 30 heavy (non-hydrogen) atoms. The van der Waals surface area contributed by atoms with Crippen LogP contribution in [0.3, 0.4) is 0 Å². The lowest BCUT2D eigenvalue weighted by Crippen LogP contribution is -2.44. The molecule has 1 aromatic carbocycles. The molecule has 2 heterocycles. The van der Waals surface area contributed by atoms with Crippen molar-refractivity contribution in [2.24, 2.45) is 11.8 Å². The summed E-state index contributed by atoms with van der Waals surface area (Å²) in [5, 5.41) is 3.19. The number of likely N-dealkylation sites (tertiary alicyclic amines) is 1. The molecule has 0 aliphatic carbocycles. The number of amides is 1. The molecule has 2 aliphatic rings. The molecule has 3 rings (SSSR count). The number of esters is 1. The maximum atomic E-state index is 12.8. The number of carbonyl (C=O) groups excluding carboxylic acids is 2. The Morgan fingerprint density at radius 1 is 1.17 bits per heavy atom. The minimum atomic E-state index is -0.115. The van der Waals surface area contributed by atoms with Gasteiger partial charge in [-0.3, -0.25) is 14.5 Å². The van der Waals surface area contributed by atoms with E-state index < -0.39 is 0 Å². The predicted octanol–water partition coefficient (Wildman–Crippen LogP) is 2.94. The van der Waals surface area contributed by atoms with Crippen LogP contribution in [0.5, 0.6) is 11.5 Å². The second-order valence-corrected chi connectivity index (χ2v) is 8.35. The fraction of sp³-hybridized carbons (Fsp3) is 0.652. The summed E-state index contributed by atoms with van der Waals surface area (Å²) in [4.78, 5) is 26.8. The third-order valence-corrected chi connectivity index (χ3v) is 5.69. The van der Waals surface area contributed by atoms with Gasteiger partial charge in [0.05, 0.1) is 38.3 Å². The van der Waals surface area contributed by atoms with Crippen LogP contribution in [0.4, 0.5) is 0 Å². The molecule has 0 spiro atoms. The quantitative estimate of drug-likeness (QED) is 0.686. The van der Waals surface area contributed by atoms with Crippen molar-refractivity contribution in [2.45, 2.75) is 46.1 Å². The summed E-state index contributed by atoms with van der Waals surface area (Å²) in [5.74, 6) is 1.56. The molecule has 1 amide bonds. The van der Waals surface area contributed by atoms with Gasteiger partial charge in [0, 0.05) is 6.42 Å². The normalized spacial score (nSPS) is 18.5. The molecular weight excluding hydrogens is 384 g/mol. The van der Waals surface area contributed by atoms with Crippen LogP contribution in [0.1, 0.15) is 51.6 Å². The molecule has 0 unspecified atom stereocenters. The Morgan fingerprint density at radius 2 is 1.87 bits per heavy atom. The highest BCUT2D eigenvalue weighted by atomic mass is 16.5. The van der Waals surface area contributed by atoms with Gasteiger partial charge in [-0.25, -0.2) is 0 Å². The number of rotatable bonds is 7. The lowest BCUT2D eigenvalue weighted by Gasteiger charge is -2.31. The third-order valence-electron chi connectivity index (χ3n) is 5.69. The average Bonchev–Trinajstić information content (AvgIpc) is 2.97. The Labute approximate surface area is 179 Å². The minimum Gasteiger partial charge on any atom is -0.490 e. The Hall–Kier alpha value is -2.28. The van der Waals surface area contributed by atoms with E-state index in [1.54, 1.807) is 0 Å². The second-order valence-electron chi connectivity index (χ2n) is 8.35. The zero-order valence-corrected chi connectivity index (χ0v) is 18.3. The van der Waals surface area contributed by atoms with Crippen LogP contribution >= 0.6 is 0 Å². The van der Waals surface area contributed by atoms with Gasteiger partial charge in [0.1, 0.15) is 0 Å². The lowest BCUT2D eigenvalue weighted by atomic mass is 9.95. The molecule has 1 saturated heterocycles. The van der Waals surface area contributed by atoms with E-state index in [2.05, 4.69) is 24.1 Å². The summed E-state index contributed by atoms with van der Waals surface area (Å²) >= 11 is 0. The van der Waals surface area contributed by atoms with Crippen molar-refractivity contribution in [3.05, 3.63) is 23.8 Å². The van der Waals surface area contributed by atoms with Crippen molar-refractivity contribution in [3.8, 4) is 11.5 Å². The smallest absolute Gasteiger partial charge is 0.309 e. The molecule has 0 bridgehead atoms. The average molecular weight is 419 g/mol. The van der Waals surface area contributed by atoms with Gasteiger partial charge in [0.25, 0.3) is 0 Å². The Bertz CT molecular complexity index is 728. The molecule has 166 valence electrons. The minimum absolute atomic E-state index is 0.00426. The largest absolute Gasteiger partial charge is 0.490 e.